The van der Waals surface area contributed by atoms with Gasteiger partial charge in [-0.1, -0.05) is 0 Å². The second-order valence-corrected chi connectivity index (χ2v) is 5.32. The van der Waals surface area contributed by atoms with Crippen LogP contribution in [0.25, 0.3) is 0 Å². The van der Waals surface area contributed by atoms with Crippen molar-refractivity contribution in [2.24, 2.45) is 11.8 Å². The van der Waals surface area contributed by atoms with Crippen LogP contribution in [0.2, 0.25) is 0 Å². The number of likely N-dealkylation sites (tertiary alicyclic amines) is 1. The number of methoxy groups -OCH3 is 1. The smallest absolute Gasteiger partial charge is 0.323 e. The summed E-state index contributed by atoms with van der Waals surface area (Å²) in [6.07, 6.45) is 5.47. The highest BCUT2D eigenvalue weighted by molar-refractivity contribution is 5.76. The fourth-order valence-corrected chi connectivity index (χ4v) is 2.94. The van der Waals surface area contributed by atoms with Gasteiger partial charge in [-0.3, -0.25) is 9.69 Å². The fraction of sp³-hybridized carbons (Fsp3) is 0.923. The Morgan fingerprint density at radius 1 is 1.47 bits per heavy atom. The molecule has 4 nitrogen and oxygen atoms in total. The van der Waals surface area contributed by atoms with Crippen molar-refractivity contribution in [1.82, 2.24) is 4.90 Å². The van der Waals surface area contributed by atoms with Crippen LogP contribution in [0.3, 0.4) is 0 Å². The number of nitrogens with zero attached hydrogens (tertiary/aromatic N) is 1. The van der Waals surface area contributed by atoms with Gasteiger partial charge < -0.3 is 9.84 Å². The maximum absolute atomic E-state index is 11.8. The lowest BCUT2D eigenvalue weighted by Gasteiger charge is -2.37. The lowest BCUT2D eigenvalue weighted by Crippen LogP contribution is -2.48. The average Bonchev–Trinajstić information content (AvgIpc) is 3.14. The number of carbonyl (C=O) groups is 1. The molecule has 1 saturated heterocycles. The first-order valence-electron chi connectivity index (χ1n) is 6.69. The maximum atomic E-state index is 11.8. The molecule has 0 aromatic rings. The van der Waals surface area contributed by atoms with Crippen molar-refractivity contribution in [2.75, 3.05) is 26.8 Å². The van der Waals surface area contributed by atoms with E-state index in [1.54, 1.807) is 0 Å². The molecule has 0 aromatic heterocycles. The summed E-state index contributed by atoms with van der Waals surface area (Å²) in [5, 5.41) is 9.01. The standard InChI is InChI=1S/C13H23NO3/c1-17-13(16)12(11-4-5-11)14-7-2-3-10(9-14)6-8-15/h10-12,15H,2-9H2,1H3. The number of hydrogen-bond acceptors (Lipinski definition) is 4. The van der Waals surface area contributed by atoms with E-state index in [0.29, 0.717) is 11.8 Å². The number of aliphatic hydroxyl groups excluding tert-OH is 1. The first-order valence-corrected chi connectivity index (χ1v) is 6.69. The van der Waals surface area contributed by atoms with E-state index in [4.69, 9.17) is 9.84 Å². The number of ether oxygens (including phenoxy) is 1. The van der Waals surface area contributed by atoms with Crippen LogP contribution in [0.5, 0.6) is 0 Å². The van der Waals surface area contributed by atoms with Crippen LogP contribution in [0, 0.1) is 11.8 Å². The summed E-state index contributed by atoms with van der Waals surface area (Å²) in [6, 6.07) is -0.0264. The fourth-order valence-electron chi connectivity index (χ4n) is 2.94. The summed E-state index contributed by atoms with van der Waals surface area (Å²) in [4.78, 5) is 14.1. The van der Waals surface area contributed by atoms with Crippen LogP contribution in [0.15, 0.2) is 0 Å². The van der Waals surface area contributed by atoms with Crippen molar-refractivity contribution in [1.29, 1.82) is 0 Å². The van der Waals surface area contributed by atoms with Crippen LogP contribution >= 0.6 is 0 Å². The molecule has 98 valence electrons. The van der Waals surface area contributed by atoms with E-state index in [9.17, 15) is 4.79 Å². The summed E-state index contributed by atoms with van der Waals surface area (Å²) < 4.78 is 4.93. The van der Waals surface area contributed by atoms with Crippen molar-refractivity contribution in [3.05, 3.63) is 0 Å². The van der Waals surface area contributed by atoms with Crippen LogP contribution in [0.4, 0.5) is 0 Å². The summed E-state index contributed by atoms with van der Waals surface area (Å²) in [5.74, 6) is 0.979. The van der Waals surface area contributed by atoms with Crippen molar-refractivity contribution in [2.45, 2.75) is 38.1 Å². The Morgan fingerprint density at radius 2 is 2.24 bits per heavy atom. The molecule has 2 unspecified atom stereocenters. The van der Waals surface area contributed by atoms with Crippen molar-refractivity contribution in [3.63, 3.8) is 0 Å². The van der Waals surface area contributed by atoms with Crippen LogP contribution in [-0.4, -0.2) is 48.8 Å². The molecule has 2 atom stereocenters. The summed E-state index contributed by atoms with van der Waals surface area (Å²) in [5.41, 5.74) is 0. The van der Waals surface area contributed by atoms with E-state index in [-0.39, 0.29) is 18.6 Å². The predicted octanol–water partition coefficient (Wildman–Crippen LogP) is 1.03. The molecule has 2 aliphatic rings. The minimum Gasteiger partial charge on any atom is -0.468 e. The summed E-state index contributed by atoms with van der Waals surface area (Å²) in [6.45, 7) is 2.19. The molecule has 1 aliphatic carbocycles. The highest BCUT2D eigenvalue weighted by atomic mass is 16.5. The summed E-state index contributed by atoms with van der Waals surface area (Å²) in [7, 11) is 1.48. The van der Waals surface area contributed by atoms with Gasteiger partial charge in [0.2, 0.25) is 0 Å². The minimum atomic E-state index is -0.0721. The molecule has 0 spiro atoms. The van der Waals surface area contributed by atoms with E-state index in [0.717, 1.165) is 38.8 Å². The third kappa shape index (κ3) is 3.19. The zero-order valence-electron chi connectivity index (χ0n) is 10.6. The van der Waals surface area contributed by atoms with Gasteiger partial charge in [0.15, 0.2) is 0 Å². The Morgan fingerprint density at radius 3 is 2.82 bits per heavy atom. The highest BCUT2D eigenvalue weighted by Gasteiger charge is 2.42. The second-order valence-electron chi connectivity index (χ2n) is 5.32. The molecule has 0 amide bonds. The van der Waals surface area contributed by atoms with E-state index < -0.39 is 0 Å². The Kier molecular flexibility index (Phi) is 4.40. The molecule has 0 radical (unpaired) electrons. The quantitative estimate of drug-likeness (QED) is 0.730. The average molecular weight is 241 g/mol. The first kappa shape index (κ1) is 12.8. The van der Waals surface area contributed by atoms with Gasteiger partial charge in [-0.25, -0.2) is 0 Å². The van der Waals surface area contributed by atoms with E-state index >= 15 is 0 Å². The normalized spacial score (nSPS) is 27.8. The minimum absolute atomic E-state index is 0.0264. The lowest BCUT2D eigenvalue weighted by atomic mass is 9.93. The number of esters is 1. The van der Waals surface area contributed by atoms with Gasteiger partial charge in [-0.2, -0.15) is 0 Å². The van der Waals surface area contributed by atoms with Gasteiger partial charge in [0.25, 0.3) is 0 Å². The van der Waals surface area contributed by atoms with Gasteiger partial charge in [0.05, 0.1) is 7.11 Å². The molecule has 2 fully saturated rings. The van der Waals surface area contributed by atoms with E-state index in [1.807, 2.05) is 0 Å². The van der Waals surface area contributed by atoms with Gasteiger partial charge >= 0.3 is 5.97 Å². The number of rotatable bonds is 5. The van der Waals surface area contributed by atoms with E-state index in [1.165, 1.54) is 13.5 Å². The second kappa shape index (κ2) is 5.83. The number of piperidine rings is 1. The molecule has 17 heavy (non-hydrogen) atoms. The molecule has 1 aliphatic heterocycles. The number of carbonyl (C=O) groups excluding carboxylic acids is 1. The highest BCUT2D eigenvalue weighted by Crippen LogP contribution is 2.37. The lowest BCUT2D eigenvalue weighted by molar-refractivity contribution is -0.148. The Labute approximate surface area is 103 Å². The Bertz CT molecular complexity index is 263. The van der Waals surface area contributed by atoms with Crippen LogP contribution in [-0.2, 0) is 9.53 Å². The zero-order chi connectivity index (χ0) is 12.3. The number of aliphatic hydroxyl groups is 1. The molecule has 2 rings (SSSR count). The van der Waals surface area contributed by atoms with Crippen molar-refractivity contribution >= 4 is 5.97 Å². The number of hydrogen-bond donors (Lipinski definition) is 1. The third-order valence-electron chi connectivity index (χ3n) is 3.99. The van der Waals surface area contributed by atoms with Gasteiger partial charge in [0, 0.05) is 13.2 Å². The molecule has 1 heterocycles. The maximum Gasteiger partial charge on any atom is 0.323 e. The summed E-state index contributed by atoms with van der Waals surface area (Å²) >= 11 is 0. The molecule has 0 bridgehead atoms. The first-order chi connectivity index (χ1) is 8.26. The SMILES string of the molecule is COC(=O)C(C1CC1)N1CCCC(CCO)C1. The van der Waals surface area contributed by atoms with Crippen LogP contribution < -0.4 is 0 Å². The molecule has 4 heteroatoms. The molecule has 1 N–H and O–H groups in total. The Balaban J connectivity index is 1.95. The molecular formula is C13H23NO3. The van der Waals surface area contributed by atoms with Crippen LogP contribution in [0.1, 0.15) is 32.1 Å². The van der Waals surface area contributed by atoms with Gasteiger partial charge in [-0.15, -0.1) is 0 Å². The third-order valence-corrected chi connectivity index (χ3v) is 3.99. The van der Waals surface area contributed by atoms with Gasteiger partial charge in [-0.05, 0) is 50.5 Å². The Hall–Kier alpha value is -0.610. The monoisotopic (exact) mass is 241 g/mol. The molecular weight excluding hydrogens is 218 g/mol. The van der Waals surface area contributed by atoms with Gasteiger partial charge in [0.1, 0.15) is 6.04 Å². The zero-order valence-corrected chi connectivity index (χ0v) is 10.6. The predicted molar refractivity (Wildman–Crippen MR) is 64.5 cm³/mol. The molecule has 0 aromatic carbocycles. The van der Waals surface area contributed by atoms with Crippen molar-refractivity contribution < 1.29 is 14.6 Å². The van der Waals surface area contributed by atoms with E-state index in [2.05, 4.69) is 4.90 Å². The largest absolute Gasteiger partial charge is 0.468 e. The molecule has 1 saturated carbocycles. The topological polar surface area (TPSA) is 49.8 Å². The van der Waals surface area contributed by atoms with Crippen molar-refractivity contribution in [3.8, 4) is 0 Å².